The molecule has 0 N–H and O–H groups in total. The fraction of sp³-hybridized carbons (Fsp3) is 0.786. The number of likely N-dealkylation sites (N-methyl/N-ethyl adjacent to an activating group) is 1. The number of piperazine rings is 1. The standard InChI is InChI=1S/C14H26N4/c1-5-18-11-13(10-15-18)6-7-17-9-8-16(4)12-14(17,2)3/h10-11H,5-9,12H2,1-4H3. The van der Waals surface area contributed by atoms with Crippen LogP contribution in [0.15, 0.2) is 12.4 Å². The van der Waals surface area contributed by atoms with Crippen LogP contribution in [0.4, 0.5) is 0 Å². The molecule has 0 radical (unpaired) electrons. The number of rotatable bonds is 4. The molecule has 102 valence electrons. The molecule has 1 aliphatic heterocycles. The molecule has 0 aliphatic carbocycles. The van der Waals surface area contributed by atoms with Crippen LogP contribution < -0.4 is 0 Å². The Morgan fingerprint density at radius 3 is 2.72 bits per heavy atom. The monoisotopic (exact) mass is 250 g/mol. The van der Waals surface area contributed by atoms with Crippen molar-refractivity contribution in [2.75, 3.05) is 33.2 Å². The molecular weight excluding hydrogens is 224 g/mol. The summed E-state index contributed by atoms with van der Waals surface area (Å²) in [7, 11) is 2.21. The Morgan fingerprint density at radius 1 is 1.33 bits per heavy atom. The molecule has 4 heteroatoms. The highest BCUT2D eigenvalue weighted by atomic mass is 15.3. The number of aromatic nitrogens is 2. The summed E-state index contributed by atoms with van der Waals surface area (Å²) in [5, 5.41) is 4.34. The van der Waals surface area contributed by atoms with Gasteiger partial charge in [-0.05, 0) is 39.8 Å². The molecule has 0 amide bonds. The molecule has 4 nitrogen and oxygen atoms in total. The highest BCUT2D eigenvalue weighted by Gasteiger charge is 2.31. The first-order chi connectivity index (χ1) is 8.51. The molecule has 0 atom stereocenters. The van der Waals surface area contributed by atoms with E-state index in [2.05, 4.69) is 48.9 Å². The SMILES string of the molecule is CCn1cc(CCN2CCN(C)CC2(C)C)cn1. The molecule has 1 aliphatic rings. The lowest BCUT2D eigenvalue weighted by molar-refractivity contribution is 0.0328. The van der Waals surface area contributed by atoms with Crippen molar-refractivity contribution in [3.63, 3.8) is 0 Å². The van der Waals surface area contributed by atoms with Gasteiger partial charge in [-0.15, -0.1) is 0 Å². The lowest BCUT2D eigenvalue weighted by atomic mass is 9.98. The van der Waals surface area contributed by atoms with Gasteiger partial charge in [-0.25, -0.2) is 0 Å². The second-order valence-corrected chi connectivity index (χ2v) is 5.99. The van der Waals surface area contributed by atoms with Gasteiger partial charge in [0.25, 0.3) is 0 Å². The third-order valence-corrected chi connectivity index (χ3v) is 3.95. The average molecular weight is 250 g/mol. The van der Waals surface area contributed by atoms with Gasteiger partial charge >= 0.3 is 0 Å². The van der Waals surface area contributed by atoms with Gasteiger partial charge in [0.05, 0.1) is 6.20 Å². The van der Waals surface area contributed by atoms with Crippen LogP contribution in [0.5, 0.6) is 0 Å². The van der Waals surface area contributed by atoms with Crippen molar-refractivity contribution < 1.29 is 0 Å². The van der Waals surface area contributed by atoms with Crippen LogP contribution in [0.25, 0.3) is 0 Å². The van der Waals surface area contributed by atoms with Gasteiger partial charge in [0.2, 0.25) is 0 Å². The fourth-order valence-corrected chi connectivity index (χ4v) is 2.82. The van der Waals surface area contributed by atoms with Gasteiger partial charge in [0.15, 0.2) is 0 Å². The van der Waals surface area contributed by atoms with Crippen LogP contribution in [0.3, 0.4) is 0 Å². The quantitative estimate of drug-likeness (QED) is 0.809. The van der Waals surface area contributed by atoms with Gasteiger partial charge in [-0.2, -0.15) is 5.10 Å². The predicted molar refractivity (Wildman–Crippen MR) is 74.8 cm³/mol. The first-order valence-corrected chi connectivity index (χ1v) is 6.96. The van der Waals surface area contributed by atoms with Crippen molar-refractivity contribution in [3.05, 3.63) is 18.0 Å². The highest BCUT2D eigenvalue weighted by molar-refractivity contribution is 5.05. The molecule has 0 spiro atoms. The predicted octanol–water partition coefficient (Wildman–Crippen LogP) is 1.47. The van der Waals surface area contributed by atoms with Gasteiger partial charge in [-0.1, -0.05) is 0 Å². The maximum atomic E-state index is 4.34. The summed E-state index contributed by atoms with van der Waals surface area (Å²) < 4.78 is 2.00. The minimum Gasteiger partial charge on any atom is -0.303 e. The number of nitrogens with zero attached hydrogens (tertiary/aromatic N) is 4. The molecule has 1 aromatic heterocycles. The molecule has 0 saturated carbocycles. The normalized spacial score (nSPS) is 21.3. The summed E-state index contributed by atoms with van der Waals surface area (Å²) in [4.78, 5) is 5.03. The molecule has 2 rings (SSSR count). The average Bonchev–Trinajstić information content (AvgIpc) is 2.74. The van der Waals surface area contributed by atoms with Crippen LogP contribution in [0.2, 0.25) is 0 Å². The summed E-state index contributed by atoms with van der Waals surface area (Å²) in [5.74, 6) is 0. The third kappa shape index (κ3) is 3.12. The second kappa shape index (κ2) is 5.41. The van der Waals surface area contributed by atoms with E-state index >= 15 is 0 Å². The molecule has 1 fully saturated rings. The van der Waals surface area contributed by atoms with Crippen LogP contribution in [-0.4, -0.2) is 58.3 Å². The lowest BCUT2D eigenvalue weighted by Crippen LogP contribution is -2.58. The number of aryl methyl sites for hydroxylation is 1. The molecule has 0 bridgehead atoms. The van der Waals surface area contributed by atoms with Gasteiger partial charge in [0, 0.05) is 44.5 Å². The molecule has 2 heterocycles. The second-order valence-electron chi connectivity index (χ2n) is 5.99. The van der Waals surface area contributed by atoms with Crippen molar-refractivity contribution in [3.8, 4) is 0 Å². The Kier molecular flexibility index (Phi) is 4.07. The Labute approximate surface area is 111 Å². The first kappa shape index (κ1) is 13.6. The van der Waals surface area contributed by atoms with Crippen LogP contribution in [-0.2, 0) is 13.0 Å². The Bertz CT molecular complexity index is 383. The minimum absolute atomic E-state index is 0.285. The van der Waals surface area contributed by atoms with E-state index in [0.29, 0.717) is 0 Å². The third-order valence-electron chi connectivity index (χ3n) is 3.95. The zero-order chi connectivity index (χ0) is 13.2. The zero-order valence-corrected chi connectivity index (χ0v) is 12.2. The molecule has 0 aromatic carbocycles. The van der Waals surface area contributed by atoms with Crippen molar-refractivity contribution >= 4 is 0 Å². The first-order valence-electron chi connectivity index (χ1n) is 6.96. The lowest BCUT2D eigenvalue weighted by Gasteiger charge is -2.46. The zero-order valence-electron chi connectivity index (χ0n) is 12.2. The molecule has 18 heavy (non-hydrogen) atoms. The Hall–Kier alpha value is -0.870. The van der Waals surface area contributed by atoms with Crippen LogP contribution in [0, 0.1) is 0 Å². The van der Waals surface area contributed by atoms with E-state index in [1.807, 2.05) is 10.9 Å². The van der Waals surface area contributed by atoms with Crippen molar-refractivity contribution in [1.82, 2.24) is 19.6 Å². The molecule has 0 unspecified atom stereocenters. The van der Waals surface area contributed by atoms with E-state index in [1.165, 1.54) is 18.7 Å². The van der Waals surface area contributed by atoms with Gasteiger partial charge in [0.1, 0.15) is 0 Å². The van der Waals surface area contributed by atoms with E-state index in [0.717, 1.165) is 26.1 Å². The summed E-state index contributed by atoms with van der Waals surface area (Å²) in [6, 6.07) is 0. The maximum Gasteiger partial charge on any atom is 0.0522 e. The van der Waals surface area contributed by atoms with E-state index in [9.17, 15) is 0 Å². The summed E-state index contributed by atoms with van der Waals surface area (Å²) in [5.41, 5.74) is 1.64. The number of hydrogen-bond acceptors (Lipinski definition) is 3. The van der Waals surface area contributed by atoms with Crippen molar-refractivity contribution in [1.29, 1.82) is 0 Å². The smallest absolute Gasteiger partial charge is 0.0522 e. The largest absolute Gasteiger partial charge is 0.303 e. The van der Waals surface area contributed by atoms with E-state index < -0.39 is 0 Å². The number of hydrogen-bond donors (Lipinski definition) is 0. The van der Waals surface area contributed by atoms with E-state index in [4.69, 9.17) is 0 Å². The fourth-order valence-electron chi connectivity index (χ4n) is 2.82. The highest BCUT2D eigenvalue weighted by Crippen LogP contribution is 2.20. The minimum atomic E-state index is 0.285. The van der Waals surface area contributed by atoms with Gasteiger partial charge < -0.3 is 4.90 Å². The van der Waals surface area contributed by atoms with E-state index in [-0.39, 0.29) is 5.54 Å². The summed E-state index contributed by atoms with van der Waals surface area (Å²) in [6.45, 7) is 12.4. The van der Waals surface area contributed by atoms with Crippen LogP contribution in [0.1, 0.15) is 26.3 Å². The van der Waals surface area contributed by atoms with Gasteiger partial charge in [-0.3, -0.25) is 9.58 Å². The van der Waals surface area contributed by atoms with Crippen molar-refractivity contribution in [2.45, 2.75) is 39.3 Å². The van der Waals surface area contributed by atoms with E-state index in [1.54, 1.807) is 0 Å². The topological polar surface area (TPSA) is 24.3 Å². The van der Waals surface area contributed by atoms with Crippen LogP contribution >= 0.6 is 0 Å². The Morgan fingerprint density at radius 2 is 2.11 bits per heavy atom. The summed E-state index contributed by atoms with van der Waals surface area (Å²) in [6.07, 6.45) is 5.28. The van der Waals surface area contributed by atoms with Crippen molar-refractivity contribution in [2.24, 2.45) is 0 Å². The maximum absolute atomic E-state index is 4.34. The molecular formula is C14H26N4. The molecule has 1 aromatic rings. The Balaban J connectivity index is 1.89. The molecule has 1 saturated heterocycles. The summed E-state index contributed by atoms with van der Waals surface area (Å²) >= 11 is 0.